The second kappa shape index (κ2) is 5.14. The van der Waals surface area contributed by atoms with Crippen molar-refractivity contribution < 1.29 is 9.59 Å². The standard InChI is InChI=1S/C14H13NO2S/c1-9-6-13(18-10(9)2)14(17)15-12-5-3-4-11(7-12)8-16/h3-8H,1-2H3,(H,15,17). The Labute approximate surface area is 109 Å². The monoisotopic (exact) mass is 259 g/mol. The van der Waals surface area contributed by atoms with Crippen molar-refractivity contribution in [2.75, 3.05) is 5.32 Å². The van der Waals surface area contributed by atoms with E-state index in [0.717, 1.165) is 16.7 Å². The largest absolute Gasteiger partial charge is 0.321 e. The Balaban J connectivity index is 2.18. The number of aldehydes is 1. The average molecular weight is 259 g/mol. The molecule has 2 aromatic rings. The summed E-state index contributed by atoms with van der Waals surface area (Å²) in [5, 5.41) is 2.79. The summed E-state index contributed by atoms with van der Waals surface area (Å²) in [5.41, 5.74) is 2.30. The summed E-state index contributed by atoms with van der Waals surface area (Å²) in [6.45, 7) is 3.97. The van der Waals surface area contributed by atoms with Crippen LogP contribution in [0.4, 0.5) is 5.69 Å². The van der Waals surface area contributed by atoms with Gasteiger partial charge in [0.2, 0.25) is 0 Å². The number of hydrogen-bond donors (Lipinski definition) is 1. The minimum Gasteiger partial charge on any atom is -0.321 e. The van der Waals surface area contributed by atoms with Gasteiger partial charge < -0.3 is 5.32 Å². The molecule has 0 unspecified atom stereocenters. The van der Waals surface area contributed by atoms with E-state index in [1.165, 1.54) is 11.3 Å². The van der Waals surface area contributed by atoms with Crippen LogP contribution in [0.1, 0.15) is 30.5 Å². The lowest BCUT2D eigenvalue weighted by Gasteiger charge is -2.03. The van der Waals surface area contributed by atoms with Gasteiger partial charge in [-0.2, -0.15) is 0 Å². The van der Waals surface area contributed by atoms with Gasteiger partial charge in [-0.1, -0.05) is 12.1 Å². The van der Waals surface area contributed by atoms with Crippen LogP contribution in [0, 0.1) is 13.8 Å². The molecule has 92 valence electrons. The lowest BCUT2D eigenvalue weighted by Crippen LogP contribution is -2.10. The van der Waals surface area contributed by atoms with Gasteiger partial charge in [0.15, 0.2) is 0 Å². The summed E-state index contributed by atoms with van der Waals surface area (Å²) in [5.74, 6) is -0.140. The van der Waals surface area contributed by atoms with E-state index in [-0.39, 0.29) is 5.91 Å². The van der Waals surface area contributed by atoms with Gasteiger partial charge in [-0.05, 0) is 37.6 Å². The van der Waals surface area contributed by atoms with E-state index in [2.05, 4.69) is 5.32 Å². The number of benzene rings is 1. The first-order chi connectivity index (χ1) is 8.60. The predicted molar refractivity (Wildman–Crippen MR) is 73.6 cm³/mol. The fourth-order valence-corrected chi connectivity index (χ4v) is 2.50. The molecule has 0 bridgehead atoms. The van der Waals surface area contributed by atoms with E-state index in [9.17, 15) is 9.59 Å². The Morgan fingerprint density at radius 3 is 2.67 bits per heavy atom. The average Bonchev–Trinajstić information content (AvgIpc) is 2.70. The van der Waals surface area contributed by atoms with Crippen LogP contribution in [0.2, 0.25) is 0 Å². The first-order valence-corrected chi connectivity index (χ1v) is 6.35. The Kier molecular flexibility index (Phi) is 3.58. The summed E-state index contributed by atoms with van der Waals surface area (Å²) in [6, 6.07) is 8.72. The van der Waals surface area contributed by atoms with Gasteiger partial charge in [-0.15, -0.1) is 11.3 Å². The number of carbonyl (C=O) groups is 2. The maximum absolute atomic E-state index is 12.0. The summed E-state index contributed by atoms with van der Waals surface area (Å²) >= 11 is 1.47. The fraction of sp³-hybridized carbons (Fsp3) is 0.143. The number of thiophene rings is 1. The first kappa shape index (κ1) is 12.5. The van der Waals surface area contributed by atoms with E-state index < -0.39 is 0 Å². The summed E-state index contributed by atoms with van der Waals surface area (Å²) in [4.78, 5) is 24.5. The summed E-state index contributed by atoms with van der Waals surface area (Å²) in [6.07, 6.45) is 0.759. The number of anilines is 1. The van der Waals surface area contributed by atoms with Crippen LogP contribution in [0.15, 0.2) is 30.3 Å². The van der Waals surface area contributed by atoms with Gasteiger partial charge >= 0.3 is 0 Å². The van der Waals surface area contributed by atoms with Crippen molar-refractivity contribution in [2.24, 2.45) is 0 Å². The van der Waals surface area contributed by atoms with Gasteiger partial charge in [0, 0.05) is 16.1 Å². The number of nitrogens with one attached hydrogen (secondary N) is 1. The van der Waals surface area contributed by atoms with Crippen LogP contribution in [0.5, 0.6) is 0 Å². The zero-order valence-electron chi connectivity index (χ0n) is 10.2. The van der Waals surface area contributed by atoms with Crippen molar-refractivity contribution in [2.45, 2.75) is 13.8 Å². The molecule has 1 heterocycles. The van der Waals surface area contributed by atoms with Crippen LogP contribution >= 0.6 is 11.3 Å². The highest BCUT2D eigenvalue weighted by Crippen LogP contribution is 2.21. The van der Waals surface area contributed by atoms with E-state index in [1.807, 2.05) is 19.9 Å². The molecular weight excluding hydrogens is 246 g/mol. The van der Waals surface area contributed by atoms with E-state index >= 15 is 0 Å². The topological polar surface area (TPSA) is 46.2 Å². The zero-order chi connectivity index (χ0) is 13.1. The molecule has 0 saturated carbocycles. The third-order valence-corrected chi connectivity index (χ3v) is 3.82. The van der Waals surface area contributed by atoms with E-state index in [4.69, 9.17) is 0 Å². The molecule has 0 aliphatic carbocycles. The van der Waals surface area contributed by atoms with E-state index in [0.29, 0.717) is 16.1 Å². The summed E-state index contributed by atoms with van der Waals surface area (Å²) in [7, 11) is 0. The number of amides is 1. The van der Waals surface area contributed by atoms with Crippen LogP contribution in [-0.2, 0) is 0 Å². The zero-order valence-corrected chi connectivity index (χ0v) is 11.0. The minimum absolute atomic E-state index is 0.140. The fourth-order valence-electron chi connectivity index (χ4n) is 1.57. The molecule has 1 N–H and O–H groups in total. The first-order valence-electron chi connectivity index (χ1n) is 5.54. The Hall–Kier alpha value is -1.94. The van der Waals surface area contributed by atoms with Gasteiger partial charge in [0.1, 0.15) is 6.29 Å². The molecule has 0 fully saturated rings. The van der Waals surface area contributed by atoms with Crippen molar-refractivity contribution in [1.82, 2.24) is 0 Å². The van der Waals surface area contributed by atoms with Crippen molar-refractivity contribution in [3.05, 3.63) is 51.2 Å². The maximum Gasteiger partial charge on any atom is 0.265 e. The Bertz CT molecular complexity index is 582. The number of carbonyl (C=O) groups excluding carboxylic acids is 2. The van der Waals surface area contributed by atoms with Crippen LogP contribution in [0.3, 0.4) is 0 Å². The second-order valence-electron chi connectivity index (χ2n) is 4.05. The predicted octanol–water partition coefficient (Wildman–Crippen LogP) is 3.43. The lowest BCUT2D eigenvalue weighted by atomic mass is 10.2. The molecule has 1 aromatic carbocycles. The number of hydrogen-bond acceptors (Lipinski definition) is 3. The van der Waals surface area contributed by atoms with Crippen LogP contribution < -0.4 is 5.32 Å². The molecule has 2 rings (SSSR count). The second-order valence-corrected chi connectivity index (χ2v) is 5.30. The van der Waals surface area contributed by atoms with Gasteiger partial charge in [0.25, 0.3) is 5.91 Å². The van der Waals surface area contributed by atoms with E-state index in [1.54, 1.807) is 24.3 Å². The molecule has 0 saturated heterocycles. The van der Waals surface area contributed by atoms with Gasteiger partial charge in [-0.25, -0.2) is 0 Å². The van der Waals surface area contributed by atoms with Crippen molar-refractivity contribution in [1.29, 1.82) is 0 Å². The molecule has 0 radical (unpaired) electrons. The summed E-state index contributed by atoms with van der Waals surface area (Å²) < 4.78 is 0. The third kappa shape index (κ3) is 2.65. The Morgan fingerprint density at radius 1 is 1.28 bits per heavy atom. The highest BCUT2D eigenvalue weighted by Gasteiger charge is 2.10. The molecule has 0 aliphatic heterocycles. The normalized spacial score (nSPS) is 10.1. The minimum atomic E-state index is -0.140. The highest BCUT2D eigenvalue weighted by molar-refractivity contribution is 7.14. The van der Waals surface area contributed by atoms with Crippen molar-refractivity contribution in [3.63, 3.8) is 0 Å². The third-order valence-electron chi connectivity index (χ3n) is 2.67. The Morgan fingerprint density at radius 2 is 2.06 bits per heavy atom. The number of rotatable bonds is 3. The van der Waals surface area contributed by atoms with Crippen molar-refractivity contribution in [3.8, 4) is 0 Å². The molecule has 0 atom stereocenters. The van der Waals surface area contributed by atoms with Gasteiger partial charge in [0.05, 0.1) is 4.88 Å². The molecular formula is C14H13NO2S. The molecule has 1 aromatic heterocycles. The lowest BCUT2D eigenvalue weighted by molar-refractivity contribution is 0.102. The SMILES string of the molecule is Cc1cc(C(=O)Nc2cccc(C=O)c2)sc1C. The number of aryl methyl sites for hydroxylation is 2. The van der Waals surface area contributed by atoms with Crippen molar-refractivity contribution >= 4 is 29.2 Å². The van der Waals surface area contributed by atoms with Gasteiger partial charge in [-0.3, -0.25) is 9.59 Å². The molecule has 0 spiro atoms. The molecule has 18 heavy (non-hydrogen) atoms. The van der Waals surface area contributed by atoms with Crippen LogP contribution in [-0.4, -0.2) is 12.2 Å². The molecule has 3 nitrogen and oxygen atoms in total. The van der Waals surface area contributed by atoms with Crippen LogP contribution in [0.25, 0.3) is 0 Å². The maximum atomic E-state index is 12.0. The molecule has 1 amide bonds. The molecule has 0 aliphatic rings. The highest BCUT2D eigenvalue weighted by atomic mass is 32.1. The molecule has 4 heteroatoms. The smallest absolute Gasteiger partial charge is 0.265 e. The quantitative estimate of drug-likeness (QED) is 0.858.